The number of nitrogen functional groups attached to an aromatic ring is 1. The molecule has 0 bridgehead atoms. The summed E-state index contributed by atoms with van der Waals surface area (Å²) >= 11 is 0. The zero-order valence-electron chi connectivity index (χ0n) is 49.4. The molecule has 0 spiro atoms. The van der Waals surface area contributed by atoms with Crippen molar-refractivity contribution in [3.63, 3.8) is 0 Å². The lowest BCUT2D eigenvalue weighted by Crippen LogP contribution is -2.44. The van der Waals surface area contributed by atoms with Crippen molar-refractivity contribution in [2.45, 2.75) is 79.2 Å². The first-order valence-corrected chi connectivity index (χ1v) is 28.7. The summed E-state index contributed by atoms with van der Waals surface area (Å²) in [6.45, 7) is 8.18. The van der Waals surface area contributed by atoms with Crippen LogP contribution in [0.3, 0.4) is 0 Å². The number of rotatable bonds is 15. The van der Waals surface area contributed by atoms with Crippen LogP contribution in [0.25, 0.3) is 0 Å². The van der Waals surface area contributed by atoms with Crippen LogP contribution in [-0.4, -0.2) is 124 Å². The largest absolute Gasteiger partial charge is 0.497 e. The van der Waals surface area contributed by atoms with Crippen LogP contribution < -0.4 is 34.6 Å². The minimum Gasteiger partial charge on any atom is -0.497 e. The average Bonchev–Trinajstić information content (AvgIpc) is 1.97. The van der Waals surface area contributed by atoms with Gasteiger partial charge in [0.05, 0.1) is 32.8 Å². The number of anilines is 4. The maximum Gasteiger partial charge on any atom is 0.419 e. The van der Waals surface area contributed by atoms with Gasteiger partial charge in [0.1, 0.15) is 36.3 Å². The van der Waals surface area contributed by atoms with Crippen LogP contribution in [0.2, 0.25) is 0 Å². The number of amides is 4. The molecule has 4 amide bonds. The van der Waals surface area contributed by atoms with E-state index in [4.69, 9.17) is 34.5 Å². The highest BCUT2D eigenvalue weighted by atomic mass is 19.4. The summed E-state index contributed by atoms with van der Waals surface area (Å²) < 4.78 is 65.7. The average molecular weight is 1210 g/mol. The van der Waals surface area contributed by atoms with E-state index in [1.807, 2.05) is 123 Å². The number of benzene rings is 5. The van der Waals surface area contributed by atoms with E-state index in [9.17, 15) is 37.1 Å². The van der Waals surface area contributed by atoms with Gasteiger partial charge >= 0.3 is 24.3 Å². The summed E-state index contributed by atoms with van der Waals surface area (Å²) in [6, 6.07) is 43.5. The van der Waals surface area contributed by atoms with E-state index in [-0.39, 0.29) is 68.2 Å². The Hall–Kier alpha value is -9.01. The molecule has 0 saturated carbocycles. The van der Waals surface area contributed by atoms with Crippen molar-refractivity contribution in [1.29, 1.82) is 0 Å². The standard InChI is InChI=1S/C23H28N2O4.C21H24F3N3O2.C14H17NO4.C7H9NO.CH4/c1-3-25(20-9-11-21(28-2)12-10-20)22(26)19-13-15-24(16-14-19)23(27)29-17-18-7-5-4-6-8-18;1-3-27(16-6-8-17(29-2)9-7-16)20(28)15-10-13-26(14-11-15)19-18(21(22,23)24)5-4-12-25-19;16-13(17)12-6-8-15(9-7-12)14(18)19-10-11-4-2-1-3-5-11;1-9-7-4-2-6(8)3-5-7;/h4-12,19H,3,13-17H2,1-2H3;4-9,12,15H,3,10-11,13-14H2,1-2H3;1-5,12H,6-10H2,(H,16,17);2-5H,8H2,1H3;1H4. The number of carbonyl (C=O) groups excluding carboxylic acids is 4. The van der Waals surface area contributed by atoms with Crippen LogP contribution in [0.5, 0.6) is 17.2 Å². The lowest BCUT2D eigenvalue weighted by Gasteiger charge is -2.35. The molecule has 0 unspecified atom stereocenters. The summed E-state index contributed by atoms with van der Waals surface area (Å²) in [4.78, 5) is 73.3. The van der Waals surface area contributed by atoms with Crippen LogP contribution in [0.1, 0.15) is 76.5 Å². The number of carbonyl (C=O) groups is 5. The Kier molecular flexibility index (Phi) is 27.5. The SMILES string of the molecule is C.CCN(C(=O)C1CCN(C(=O)OCc2ccccc2)CC1)c1ccc(OC)cc1.CCN(C(=O)C1CCN(c2ncccc2C(F)(F)F)CC1)c1ccc(OC)cc1.COc1ccc(N)cc1.O=C(O)C1CCN(C(=O)OCc2ccccc2)CC1. The monoisotopic (exact) mass is 1210 g/mol. The van der Waals surface area contributed by atoms with Gasteiger partial charge in [-0.05, 0) is 148 Å². The molecular weight excluding hydrogens is 1120 g/mol. The van der Waals surface area contributed by atoms with Crippen LogP contribution in [0.4, 0.5) is 45.6 Å². The van der Waals surface area contributed by atoms with E-state index >= 15 is 0 Å². The van der Waals surface area contributed by atoms with E-state index in [0.717, 1.165) is 45.8 Å². The van der Waals surface area contributed by atoms with E-state index in [1.165, 1.54) is 12.3 Å². The molecule has 468 valence electrons. The van der Waals surface area contributed by atoms with Crippen LogP contribution >= 0.6 is 0 Å². The second-order valence-corrected chi connectivity index (χ2v) is 20.4. The normalized spacial score (nSPS) is 14.3. The van der Waals surface area contributed by atoms with E-state index in [0.29, 0.717) is 96.6 Å². The number of ether oxygens (including phenoxy) is 5. The Balaban J connectivity index is 0.000000224. The zero-order valence-corrected chi connectivity index (χ0v) is 49.4. The number of hydrogen-bond acceptors (Lipinski definition) is 13. The molecule has 5 aromatic carbocycles. The van der Waals surface area contributed by atoms with Gasteiger partial charge in [-0.25, -0.2) is 14.6 Å². The van der Waals surface area contributed by atoms with E-state index < -0.39 is 17.7 Å². The number of pyridine rings is 1. The number of halogens is 3. The zero-order chi connectivity index (χ0) is 62.0. The van der Waals surface area contributed by atoms with Crippen LogP contribution in [0.15, 0.2) is 152 Å². The van der Waals surface area contributed by atoms with Crippen molar-refractivity contribution in [2.75, 3.05) is 94.1 Å². The quantitative estimate of drug-likeness (QED) is 0.0918. The molecule has 18 nitrogen and oxygen atoms in total. The molecule has 3 aliphatic rings. The molecule has 3 N–H and O–H groups in total. The van der Waals surface area contributed by atoms with Gasteiger partial charge in [-0.15, -0.1) is 0 Å². The third kappa shape index (κ3) is 20.9. The number of hydrogen-bond donors (Lipinski definition) is 2. The van der Waals surface area contributed by atoms with Crippen molar-refractivity contribution < 1.29 is 65.9 Å². The molecule has 3 saturated heterocycles. The van der Waals surface area contributed by atoms with Crippen LogP contribution in [-0.2, 0) is 43.2 Å². The van der Waals surface area contributed by atoms with Gasteiger partial charge in [0.2, 0.25) is 11.8 Å². The Labute approximate surface area is 508 Å². The molecule has 0 atom stereocenters. The lowest BCUT2D eigenvalue weighted by molar-refractivity contribution is -0.143. The van der Waals surface area contributed by atoms with Crippen molar-refractivity contribution >= 4 is 52.9 Å². The van der Waals surface area contributed by atoms with Gasteiger partial charge in [-0.2, -0.15) is 13.2 Å². The third-order valence-corrected chi connectivity index (χ3v) is 14.9. The van der Waals surface area contributed by atoms with E-state index in [2.05, 4.69) is 4.98 Å². The number of aliphatic carboxylic acids is 1. The molecule has 6 aromatic rings. The van der Waals surface area contributed by atoms with Gasteiger partial charge in [0, 0.05) is 87.5 Å². The molecule has 87 heavy (non-hydrogen) atoms. The predicted octanol–water partition coefficient (Wildman–Crippen LogP) is 12.5. The molecular formula is C66H82F3N7O11. The maximum atomic E-state index is 13.3. The highest BCUT2D eigenvalue weighted by Crippen LogP contribution is 2.37. The number of carboxylic acids is 1. The summed E-state index contributed by atoms with van der Waals surface area (Å²) in [5.74, 6) is 0.917. The first-order chi connectivity index (χ1) is 41.5. The van der Waals surface area contributed by atoms with Gasteiger partial charge < -0.3 is 59.0 Å². The fourth-order valence-corrected chi connectivity index (χ4v) is 9.95. The van der Waals surface area contributed by atoms with Crippen molar-refractivity contribution in [3.8, 4) is 17.2 Å². The first kappa shape index (κ1) is 68.8. The number of likely N-dealkylation sites (tertiary alicyclic amines) is 2. The summed E-state index contributed by atoms with van der Waals surface area (Å²) in [5, 5.41) is 8.88. The Morgan fingerprint density at radius 1 is 0.540 bits per heavy atom. The molecule has 9 rings (SSSR count). The highest BCUT2D eigenvalue weighted by Gasteiger charge is 2.38. The number of aromatic nitrogens is 1. The van der Waals surface area contributed by atoms with Crippen molar-refractivity contribution in [3.05, 3.63) is 168 Å². The smallest absolute Gasteiger partial charge is 0.419 e. The minimum absolute atomic E-state index is 0. The Morgan fingerprint density at radius 2 is 0.908 bits per heavy atom. The second kappa shape index (κ2) is 34.8. The number of methoxy groups -OCH3 is 3. The van der Waals surface area contributed by atoms with Crippen LogP contribution in [0, 0.1) is 17.8 Å². The Bertz CT molecular complexity index is 3030. The summed E-state index contributed by atoms with van der Waals surface area (Å²) in [5.41, 5.74) is 9.00. The number of nitrogens with zero attached hydrogens (tertiary/aromatic N) is 6. The molecule has 0 radical (unpaired) electrons. The molecule has 0 aliphatic carbocycles. The highest BCUT2D eigenvalue weighted by molar-refractivity contribution is 5.96. The number of carboxylic acid groups (broad SMARTS) is 1. The van der Waals surface area contributed by atoms with Gasteiger partial charge in [-0.3, -0.25) is 14.4 Å². The molecule has 3 fully saturated rings. The number of alkyl halides is 3. The van der Waals surface area contributed by atoms with Crippen molar-refractivity contribution in [1.82, 2.24) is 14.8 Å². The van der Waals surface area contributed by atoms with E-state index in [1.54, 1.807) is 70.1 Å². The topological polar surface area (TPSA) is 207 Å². The number of piperidine rings is 3. The van der Waals surface area contributed by atoms with Gasteiger partial charge in [0.15, 0.2) is 0 Å². The minimum atomic E-state index is -4.45. The predicted molar refractivity (Wildman–Crippen MR) is 330 cm³/mol. The molecule has 4 heterocycles. The summed E-state index contributed by atoms with van der Waals surface area (Å²) in [7, 11) is 4.83. The lowest BCUT2D eigenvalue weighted by atomic mass is 9.94. The van der Waals surface area contributed by atoms with Crippen molar-refractivity contribution in [2.24, 2.45) is 17.8 Å². The second-order valence-electron chi connectivity index (χ2n) is 20.4. The number of nitrogens with two attached hydrogens (primary N) is 1. The first-order valence-electron chi connectivity index (χ1n) is 28.7. The maximum absolute atomic E-state index is 13.3. The molecule has 3 aliphatic heterocycles. The van der Waals surface area contributed by atoms with Gasteiger partial charge in [0.25, 0.3) is 0 Å². The third-order valence-electron chi connectivity index (χ3n) is 14.9. The fourth-order valence-electron chi connectivity index (χ4n) is 9.95. The Morgan fingerprint density at radius 3 is 1.26 bits per heavy atom. The molecule has 21 heteroatoms. The fraction of sp³-hybridized carbons (Fsp3) is 0.394. The van der Waals surface area contributed by atoms with Gasteiger partial charge in [-0.1, -0.05) is 68.1 Å². The molecule has 1 aromatic heterocycles. The summed E-state index contributed by atoms with van der Waals surface area (Å²) in [6.07, 6.45) is -0.522.